The van der Waals surface area contributed by atoms with Crippen LogP contribution in [0.4, 0.5) is 0 Å². The molecule has 8 heteroatoms. The zero-order chi connectivity index (χ0) is 22.4. The molecule has 168 valence electrons. The topological polar surface area (TPSA) is 76.3 Å². The fourth-order valence-electron chi connectivity index (χ4n) is 5.00. The van der Waals surface area contributed by atoms with Gasteiger partial charge in [0.05, 0.1) is 29.5 Å². The van der Waals surface area contributed by atoms with E-state index in [1.807, 2.05) is 58.3 Å². The number of nitrogens with zero attached hydrogens (tertiary/aromatic N) is 6. The number of fused-ring (bicyclic) bond motifs is 2. The molecule has 2 amide bonds. The number of amides is 2. The number of hydrogen-bond acceptors (Lipinski definition) is 4. The third-order valence-electron chi connectivity index (χ3n) is 6.81. The second kappa shape index (κ2) is 8.03. The van der Waals surface area contributed by atoms with Crippen molar-refractivity contribution in [2.45, 2.75) is 44.4 Å². The molecule has 1 aliphatic carbocycles. The van der Waals surface area contributed by atoms with Crippen molar-refractivity contribution >= 4 is 33.6 Å². The summed E-state index contributed by atoms with van der Waals surface area (Å²) in [6.07, 6.45) is 6.49. The highest BCUT2D eigenvalue weighted by molar-refractivity contribution is 5.83. The van der Waals surface area contributed by atoms with Crippen LogP contribution < -0.4 is 0 Å². The number of para-hydroxylation sites is 2. The van der Waals surface area contributed by atoms with Crippen LogP contribution >= 0.6 is 0 Å². The fourth-order valence-corrected chi connectivity index (χ4v) is 5.00. The first-order chi connectivity index (χ1) is 16.2. The van der Waals surface area contributed by atoms with E-state index in [1.54, 1.807) is 21.8 Å². The molecule has 2 aromatic heterocycles. The van der Waals surface area contributed by atoms with Crippen LogP contribution in [0.25, 0.3) is 21.8 Å². The highest BCUT2D eigenvalue weighted by Gasteiger charge is 2.41. The van der Waals surface area contributed by atoms with Crippen LogP contribution in [-0.2, 0) is 22.7 Å². The van der Waals surface area contributed by atoms with Gasteiger partial charge in [-0.1, -0.05) is 36.4 Å². The van der Waals surface area contributed by atoms with Crippen molar-refractivity contribution in [1.82, 2.24) is 29.4 Å². The summed E-state index contributed by atoms with van der Waals surface area (Å²) in [5.41, 5.74) is 1.93. The summed E-state index contributed by atoms with van der Waals surface area (Å²) >= 11 is 0. The van der Waals surface area contributed by atoms with E-state index in [1.165, 1.54) is 0 Å². The maximum Gasteiger partial charge on any atom is 0.244 e. The summed E-state index contributed by atoms with van der Waals surface area (Å²) in [5.74, 6) is 0.136. The summed E-state index contributed by atoms with van der Waals surface area (Å²) < 4.78 is 3.55. The van der Waals surface area contributed by atoms with Crippen molar-refractivity contribution in [3.8, 4) is 0 Å². The standard InChI is InChI=1S/C25H26N6O2/c32-24(16-29-22-7-3-1-5-18(22)13-26-29)28-12-11-21(15-28)31(20-9-10-20)25(33)17-30-23-8-4-2-6-19(23)14-27-30/h1-8,13-14,20-21H,9-12,15-17H2. The third-order valence-corrected chi connectivity index (χ3v) is 6.81. The zero-order valence-electron chi connectivity index (χ0n) is 18.4. The van der Waals surface area contributed by atoms with Crippen molar-refractivity contribution in [3.63, 3.8) is 0 Å². The molecule has 33 heavy (non-hydrogen) atoms. The summed E-state index contributed by atoms with van der Waals surface area (Å²) in [5, 5.41) is 10.9. The van der Waals surface area contributed by atoms with Gasteiger partial charge in [-0.3, -0.25) is 19.0 Å². The predicted octanol–water partition coefficient (Wildman–Crippen LogP) is 2.68. The number of carbonyl (C=O) groups is 2. The lowest BCUT2D eigenvalue weighted by molar-refractivity contribution is -0.136. The summed E-state index contributed by atoms with van der Waals surface area (Å²) in [6.45, 7) is 1.70. The minimum absolute atomic E-state index is 0.0487. The molecule has 0 spiro atoms. The fraction of sp³-hybridized carbons (Fsp3) is 0.360. The van der Waals surface area contributed by atoms with Crippen LogP contribution in [0.2, 0.25) is 0 Å². The van der Waals surface area contributed by atoms with Crippen LogP contribution in [0, 0.1) is 0 Å². The molecular formula is C25H26N6O2. The van der Waals surface area contributed by atoms with E-state index in [-0.39, 0.29) is 37.0 Å². The Labute approximate surface area is 191 Å². The molecule has 2 aromatic carbocycles. The van der Waals surface area contributed by atoms with Gasteiger partial charge in [0, 0.05) is 29.9 Å². The van der Waals surface area contributed by atoms with Gasteiger partial charge in [0.15, 0.2) is 0 Å². The maximum atomic E-state index is 13.3. The molecule has 1 aliphatic heterocycles. The first-order valence-corrected chi connectivity index (χ1v) is 11.6. The van der Waals surface area contributed by atoms with Crippen LogP contribution in [0.15, 0.2) is 60.9 Å². The summed E-state index contributed by atoms with van der Waals surface area (Å²) in [7, 11) is 0. The smallest absolute Gasteiger partial charge is 0.244 e. The van der Waals surface area contributed by atoms with Crippen molar-refractivity contribution < 1.29 is 9.59 Å². The molecule has 0 bridgehead atoms. The molecule has 2 aliphatic rings. The van der Waals surface area contributed by atoms with E-state index >= 15 is 0 Å². The Morgan fingerprint density at radius 1 is 0.818 bits per heavy atom. The molecule has 0 N–H and O–H groups in total. The molecule has 2 fully saturated rings. The third kappa shape index (κ3) is 3.75. The number of hydrogen-bond donors (Lipinski definition) is 0. The average Bonchev–Trinajstić information content (AvgIpc) is 3.21. The van der Waals surface area contributed by atoms with Crippen LogP contribution in [0.3, 0.4) is 0 Å². The van der Waals surface area contributed by atoms with E-state index in [4.69, 9.17) is 0 Å². The second-order valence-electron chi connectivity index (χ2n) is 9.04. The Kier molecular flexibility index (Phi) is 4.86. The van der Waals surface area contributed by atoms with Crippen molar-refractivity contribution in [1.29, 1.82) is 0 Å². The normalized spacial score (nSPS) is 18.3. The van der Waals surface area contributed by atoms with Crippen LogP contribution in [0.5, 0.6) is 0 Å². The van der Waals surface area contributed by atoms with Gasteiger partial charge in [-0.15, -0.1) is 0 Å². The lowest BCUT2D eigenvalue weighted by atomic mass is 10.2. The van der Waals surface area contributed by atoms with E-state index < -0.39 is 0 Å². The minimum atomic E-state index is 0.0487. The van der Waals surface area contributed by atoms with Gasteiger partial charge in [0.1, 0.15) is 13.1 Å². The number of benzene rings is 2. The van der Waals surface area contributed by atoms with Gasteiger partial charge < -0.3 is 9.80 Å². The van der Waals surface area contributed by atoms with Gasteiger partial charge in [-0.25, -0.2) is 0 Å². The lowest BCUT2D eigenvalue weighted by Gasteiger charge is -2.29. The molecule has 1 saturated carbocycles. The van der Waals surface area contributed by atoms with Gasteiger partial charge in [-0.05, 0) is 31.4 Å². The van der Waals surface area contributed by atoms with E-state index in [0.29, 0.717) is 13.1 Å². The number of rotatable bonds is 6. The van der Waals surface area contributed by atoms with E-state index in [2.05, 4.69) is 10.2 Å². The summed E-state index contributed by atoms with van der Waals surface area (Å²) in [6, 6.07) is 16.2. The Morgan fingerprint density at radius 2 is 1.42 bits per heavy atom. The Balaban J connectivity index is 1.14. The largest absolute Gasteiger partial charge is 0.339 e. The molecule has 8 nitrogen and oxygen atoms in total. The second-order valence-corrected chi connectivity index (χ2v) is 9.04. The molecule has 3 heterocycles. The van der Waals surface area contributed by atoms with E-state index in [0.717, 1.165) is 41.1 Å². The van der Waals surface area contributed by atoms with Crippen LogP contribution in [-0.4, -0.2) is 66.3 Å². The molecule has 1 saturated heterocycles. The summed E-state index contributed by atoms with van der Waals surface area (Å²) in [4.78, 5) is 30.3. The maximum absolute atomic E-state index is 13.3. The van der Waals surface area contributed by atoms with Gasteiger partial charge in [0.2, 0.25) is 11.8 Å². The number of aromatic nitrogens is 4. The monoisotopic (exact) mass is 442 g/mol. The Hall–Kier alpha value is -3.68. The number of likely N-dealkylation sites (tertiary alicyclic amines) is 1. The molecule has 0 radical (unpaired) electrons. The Bertz CT molecular complexity index is 1340. The highest BCUT2D eigenvalue weighted by Crippen LogP contribution is 2.32. The van der Waals surface area contributed by atoms with Crippen LogP contribution in [0.1, 0.15) is 19.3 Å². The highest BCUT2D eigenvalue weighted by atomic mass is 16.2. The molecule has 6 rings (SSSR count). The van der Waals surface area contributed by atoms with Crippen molar-refractivity contribution in [3.05, 3.63) is 60.9 Å². The molecule has 1 unspecified atom stereocenters. The zero-order valence-corrected chi connectivity index (χ0v) is 18.4. The first-order valence-electron chi connectivity index (χ1n) is 11.6. The Morgan fingerprint density at radius 3 is 2.06 bits per heavy atom. The quantitative estimate of drug-likeness (QED) is 0.460. The molecule has 1 atom stereocenters. The average molecular weight is 443 g/mol. The van der Waals surface area contributed by atoms with Crippen molar-refractivity contribution in [2.75, 3.05) is 13.1 Å². The number of carbonyl (C=O) groups excluding carboxylic acids is 2. The van der Waals surface area contributed by atoms with Gasteiger partial charge in [-0.2, -0.15) is 10.2 Å². The molecule has 4 aromatic rings. The molecular weight excluding hydrogens is 416 g/mol. The van der Waals surface area contributed by atoms with Crippen molar-refractivity contribution in [2.24, 2.45) is 0 Å². The minimum Gasteiger partial charge on any atom is -0.339 e. The first kappa shape index (κ1) is 20.0. The SMILES string of the molecule is O=C(Cn1ncc2ccccc21)N1CCC(N(C(=O)Cn2ncc3ccccc32)C2CC2)C1. The predicted molar refractivity (Wildman–Crippen MR) is 124 cm³/mol. The lowest BCUT2D eigenvalue weighted by Crippen LogP contribution is -2.45. The van der Waals surface area contributed by atoms with Gasteiger partial charge in [0.25, 0.3) is 0 Å². The van der Waals surface area contributed by atoms with Gasteiger partial charge >= 0.3 is 0 Å². The van der Waals surface area contributed by atoms with E-state index in [9.17, 15) is 9.59 Å².